The highest BCUT2D eigenvalue weighted by Crippen LogP contribution is 2.25. The third-order valence-corrected chi connectivity index (χ3v) is 4.63. The Hall–Kier alpha value is -3.08. The van der Waals surface area contributed by atoms with Gasteiger partial charge in [0.2, 0.25) is 5.88 Å². The maximum atomic E-state index is 13.9. The lowest BCUT2D eigenvalue weighted by atomic mass is 10.1. The van der Waals surface area contributed by atoms with Crippen molar-refractivity contribution in [1.82, 2.24) is 14.7 Å². The molecule has 1 saturated heterocycles. The van der Waals surface area contributed by atoms with Gasteiger partial charge in [0.15, 0.2) is 0 Å². The molecule has 0 radical (unpaired) electrons. The molecule has 0 aliphatic carbocycles. The van der Waals surface area contributed by atoms with Gasteiger partial charge in [-0.3, -0.25) is 4.68 Å². The second kappa shape index (κ2) is 8.52. The van der Waals surface area contributed by atoms with E-state index in [4.69, 9.17) is 14.7 Å². The molecule has 8 heteroatoms. The molecule has 3 rings (SSSR count). The van der Waals surface area contributed by atoms with Crippen LogP contribution < -0.4 is 4.74 Å². The molecular weight excluding hydrogens is 375 g/mol. The molecule has 29 heavy (non-hydrogen) atoms. The van der Waals surface area contributed by atoms with Gasteiger partial charge in [0, 0.05) is 30.9 Å². The third kappa shape index (κ3) is 5.47. The molecule has 1 aromatic carbocycles. The molecule has 1 fully saturated rings. The predicted molar refractivity (Wildman–Crippen MR) is 104 cm³/mol. The first-order valence-corrected chi connectivity index (χ1v) is 9.59. The van der Waals surface area contributed by atoms with E-state index in [0.717, 1.165) is 12.8 Å². The summed E-state index contributed by atoms with van der Waals surface area (Å²) in [5, 5.41) is 13.2. The standard InChI is InChI=1S/C21H25FN4O3/c1-21(2,3)29-20(27)25-9-6-17(7-10-25)26-11-8-19(24-26)28-14-16-5-4-15(13-23)12-18(16)22/h4-5,8,11-12,17H,6-7,9-10,14H2,1-3H3. The number of nitriles is 1. The zero-order valence-electron chi connectivity index (χ0n) is 16.9. The number of amides is 1. The van der Waals surface area contributed by atoms with Crippen LogP contribution in [0.2, 0.25) is 0 Å². The Morgan fingerprint density at radius 2 is 2.03 bits per heavy atom. The van der Waals surface area contributed by atoms with Crippen LogP contribution in [0.4, 0.5) is 9.18 Å². The van der Waals surface area contributed by atoms with E-state index < -0.39 is 11.4 Å². The number of hydrogen-bond donors (Lipinski definition) is 0. The number of halogens is 1. The topological polar surface area (TPSA) is 80.4 Å². The van der Waals surface area contributed by atoms with Gasteiger partial charge in [0.25, 0.3) is 0 Å². The average molecular weight is 400 g/mol. The fourth-order valence-electron chi connectivity index (χ4n) is 3.13. The molecule has 0 unspecified atom stereocenters. The molecule has 2 aromatic rings. The van der Waals surface area contributed by atoms with Crippen LogP contribution in [-0.4, -0.2) is 39.5 Å². The summed E-state index contributed by atoms with van der Waals surface area (Å²) in [6, 6.07) is 8.09. The smallest absolute Gasteiger partial charge is 0.410 e. The minimum absolute atomic E-state index is 0.0334. The largest absolute Gasteiger partial charge is 0.472 e. The molecule has 0 saturated carbocycles. The number of rotatable bonds is 4. The molecule has 154 valence electrons. The van der Waals surface area contributed by atoms with Gasteiger partial charge in [-0.15, -0.1) is 5.10 Å². The van der Waals surface area contributed by atoms with Crippen LogP contribution in [0.5, 0.6) is 5.88 Å². The summed E-state index contributed by atoms with van der Waals surface area (Å²) in [5.74, 6) is -0.0682. The van der Waals surface area contributed by atoms with Gasteiger partial charge in [-0.2, -0.15) is 5.26 Å². The summed E-state index contributed by atoms with van der Waals surface area (Å²) in [4.78, 5) is 13.9. The molecule has 1 aliphatic rings. The lowest BCUT2D eigenvalue weighted by molar-refractivity contribution is 0.0184. The van der Waals surface area contributed by atoms with E-state index in [1.54, 1.807) is 17.0 Å². The minimum atomic E-state index is -0.503. The van der Waals surface area contributed by atoms with Crippen molar-refractivity contribution in [3.8, 4) is 11.9 Å². The van der Waals surface area contributed by atoms with E-state index in [2.05, 4.69) is 5.10 Å². The summed E-state index contributed by atoms with van der Waals surface area (Å²) < 4.78 is 26.8. The van der Waals surface area contributed by atoms with E-state index in [1.807, 2.05) is 37.7 Å². The lowest BCUT2D eigenvalue weighted by Gasteiger charge is -2.33. The maximum Gasteiger partial charge on any atom is 0.410 e. The van der Waals surface area contributed by atoms with Crippen molar-refractivity contribution in [2.24, 2.45) is 0 Å². The van der Waals surface area contributed by atoms with Crippen molar-refractivity contribution in [1.29, 1.82) is 5.26 Å². The first kappa shape index (κ1) is 20.6. The second-order valence-corrected chi connectivity index (χ2v) is 8.04. The molecule has 0 bridgehead atoms. The van der Waals surface area contributed by atoms with Gasteiger partial charge in [0.1, 0.15) is 18.0 Å². The molecule has 7 nitrogen and oxygen atoms in total. The average Bonchev–Trinajstić information content (AvgIpc) is 3.15. The Balaban J connectivity index is 1.52. The molecule has 0 atom stereocenters. The summed E-state index contributed by atoms with van der Waals surface area (Å²) >= 11 is 0. The second-order valence-electron chi connectivity index (χ2n) is 8.04. The Morgan fingerprint density at radius 3 is 2.66 bits per heavy atom. The highest BCUT2D eigenvalue weighted by molar-refractivity contribution is 5.68. The summed E-state index contributed by atoms with van der Waals surface area (Å²) in [5.41, 5.74) is 0.133. The van der Waals surface area contributed by atoms with Crippen LogP contribution in [0.15, 0.2) is 30.5 Å². The fourth-order valence-corrected chi connectivity index (χ4v) is 3.13. The van der Waals surface area contributed by atoms with Crippen molar-refractivity contribution < 1.29 is 18.7 Å². The van der Waals surface area contributed by atoms with Crippen LogP contribution >= 0.6 is 0 Å². The molecule has 1 aliphatic heterocycles. The Bertz CT molecular complexity index is 905. The predicted octanol–water partition coefficient (Wildman–Crippen LogP) is 4.04. The number of hydrogen-bond acceptors (Lipinski definition) is 5. The normalized spacial score (nSPS) is 15.1. The third-order valence-electron chi connectivity index (χ3n) is 4.63. The zero-order valence-corrected chi connectivity index (χ0v) is 16.9. The molecule has 1 amide bonds. The van der Waals surface area contributed by atoms with Crippen LogP contribution in [0.3, 0.4) is 0 Å². The lowest BCUT2D eigenvalue weighted by Crippen LogP contribution is -2.42. The highest BCUT2D eigenvalue weighted by atomic mass is 19.1. The first-order chi connectivity index (χ1) is 13.7. The van der Waals surface area contributed by atoms with Gasteiger partial charge in [-0.25, -0.2) is 9.18 Å². The summed E-state index contributed by atoms with van der Waals surface area (Å²) in [6.45, 7) is 6.80. The van der Waals surface area contributed by atoms with E-state index in [1.165, 1.54) is 12.1 Å². The molecular formula is C21H25FN4O3. The van der Waals surface area contributed by atoms with Crippen LogP contribution in [0.1, 0.15) is 50.8 Å². The Kier molecular flexibility index (Phi) is 6.06. The molecule has 2 heterocycles. The van der Waals surface area contributed by atoms with Gasteiger partial charge >= 0.3 is 6.09 Å². The summed E-state index contributed by atoms with van der Waals surface area (Å²) in [7, 11) is 0. The van der Waals surface area contributed by atoms with E-state index >= 15 is 0 Å². The Morgan fingerprint density at radius 1 is 1.31 bits per heavy atom. The zero-order chi connectivity index (χ0) is 21.0. The van der Waals surface area contributed by atoms with Crippen molar-refractivity contribution in [3.63, 3.8) is 0 Å². The quantitative estimate of drug-likeness (QED) is 0.774. The van der Waals surface area contributed by atoms with E-state index in [-0.39, 0.29) is 24.3 Å². The van der Waals surface area contributed by atoms with E-state index in [0.29, 0.717) is 24.5 Å². The van der Waals surface area contributed by atoms with Gasteiger partial charge in [-0.05, 0) is 45.7 Å². The number of aromatic nitrogens is 2. The van der Waals surface area contributed by atoms with Gasteiger partial charge < -0.3 is 14.4 Å². The maximum absolute atomic E-state index is 13.9. The van der Waals surface area contributed by atoms with Crippen LogP contribution in [0, 0.1) is 17.1 Å². The van der Waals surface area contributed by atoms with E-state index in [9.17, 15) is 9.18 Å². The number of likely N-dealkylation sites (tertiary alicyclic amines) is 1. The first-order valence-electron chi connectivity index (χ1n) is 9.59. The number of carbonyl (C=O) groups excluding carboxylic acids is 1. The molecule has 0 N–H and O–H groups in total. The van der Waals surface area contributed by atoms with Crippen LogP contribution in [0.25, 0.3) is 0 Å². The highest BCUT2D eigenvalue weighted by Gasteiger charge is 2.27. The molecule has 0 spiro atoms. The van der Waals surface area contributed by atoms with Crippen molar-refractivity contribution in [2.45, 2.75) is 51.9 Å². The minimum Gasteiger partial charge on any atom is -0.472 e. The SMILES string of the molecule is CC(C)(C)OC(=O)N1CCC(n2ccc(OCc3ccc(C#N)cc3F)n2)CC1. The monoisotopic (exact) mass is 400 g/mol. The van der Waals surface area contributed by atoms with Gasteiger partial charge in [0.05, 0.1) is 17.7 Å². The van der Waals surface area contributed by atoms with Crippen molar-refractivity contribution in [2.75, 3.05) is 13.1 Å². The number of benzene rings is 1. The molecule has 1 aromatic heterocycles. The van der Waals surface area contributed by atoms with Crippen molar-refractivity contribution in [3.05, 3.63) is 47.4 Å². The fraction of sp³-hybridized carbons (Fsp3) is 0.476. The number of piperidine rings is 1. The number of carbonyl (C=O) groups is 1. The summed E-state index contributed by atoms with van der Waals surface area (Å²) in [6.07, 6.45) is 3.08. The Labute approximate surface area is 169 Å². The van der Waals surface area contributed by atoms with Crippen LogP contribution in [-0.2, 0) is 11.3 Å². The number of ether oxygens (including phenoxy) is 2. The number of nitrogens with zero attached hydrogens (tertiary/aromatic N) is 4. The van der Waals surface area contributed by atoms with Gasteiger partial charge in [-0.1, -0.05) is 6.07 Å². The van der Waals surface area contributed by atoms with Crippen molar-refractivity contribution >= 4 is 6.09 Å².